The van der Waals surface area contributed by atoms with Crippen molar-refractivity contribution in [3.8, 4) is 0 Å². The van der Waals surface area contributed by atoms with Gasteiger partial charge in [0.1, 0.15) is 0 Å². The normalized spacial score (nSPS) is 11.2. The van der Waals surface area contributed by atoms with Gasteiger partial charge >= 0.3 is 0 Å². The Balaban J connectivity index is 1.44. The number of rotatable bonds is 4. The van der Waals surface area contributed by atoms with Gasteiger partial charge in [0.25, 0.3) is 5.91 Å². The minimum atomic E-state index is -0.0304. The van der Waals surface area contributed by atoms with Gasteiger partial charge in [0.05, 0.1) is 0 Å². The number of amides is 1. The van der Waals surface area contributed by atoms with E-state index in [-0.39, 0.29) is 5.91 Å². The average Bonchev–Trinajstić information content (AvgIpc) is 3.19. The molecular weight excluding hydrogens is 298 g/mol. The number of fused-ring (bicyclic) bond motifs is 2. The van der Waals surface area contributed by atoms with Gasteiger partial charge in [-0.15, -0.1) is 0 Å². The summed E-state index contributed by atoms with van der Waals surface area (Å²) >= 11 is 0. The number of nitrogens with one attached hydrogen (secondary N) is 1. The molecule has 2 aromatic carbocycles. The summed E-state index contributed by atoms with van der Waals surface area (Å²) in [7, 11) is 2.00. The molecule has 2 heterocycles. The molecule has 4 nitrogen and oxygen atoms in total. The third kappa shape index (κ3) is 2.56. The van der Waals surface area contributed by atoms with Gasteiger partial charge in [0.2, 0.25) is 0 Å². The summed E-state index contributed by atoms with van der Waals surface area (Å²) in [5.74, 6) is -0.0304. The van der Waals surface area contributed by atoms with Gasteiger partial charge < -0.3 is 14.5 Å². The summed E-state index contributed by atoms with van der Waals surface area (Å²) in [6.07, 6.45) is 4.07. The molecule has 4 rings (SSSR count). The van der Waals surface area contributed by atoms with Gasteiger partial charge in [-0.1, -0.05) is 18.2 Å². The van der Waals surface area contributed by atoms with Crippen LogP contribution in [0.3, 0.4) is 0 Å². The van der Waals surface area contributed by atoms with Crippen molar-refractivity contribution in [2.75, 3.05) is 6.54 Å². The molecule has 24 heavy (non-hydrogen) atoms. The van der Waals surface area contributed by atoms with Crippen LogP contribution in [0.5, 0.6) is 0 Å². The fourth-order valence-corrected chi connectivity index (χ4v) is 3.15. The van der Waals surface area contributed by atoms with E-state index in [0.29, 0.717) is 12.1 Å². The van der Waals surface area contributed by atoms with E-state index in [1.165, 1.54) is 10.9 Å². The highest BCUT2D eigenvalue weighted by molar-refractivity contribution is 5.98. The molecule has 1 N–H and O–H groups in total. The first-order chi connectivity index (χ1) is 11.7. The molecule has 0 saturated carbocycles. The Morgan fingerprint density at radius 1 is 0.958 bits per heavy atom. The van der Waals surface area contributed by atoms with Gasteiger partial charge in [-0.05, 0) is 41.8 Å². The number of carbonyl (C=O) groups is 1. The van der Waals surface area contributed by atoms with Crippen LogP contribution in [0.15, 0.2) is 67.0 Å². The molecule has 4 heteroatoms. The van der Waals surface area contributed by atoms with E-state index in [1.54, 1.807) is 0 Å². The standard InChI is InChI=1S/C20H19N3O/c1-22-11-8-16-14-17(6-7-18(16)22)20(24)21-10-13-23-12-9-15-4-2-3-5-19(15)23/h2-9,11-12,14H,10,13H2,1H3,(H,21,24). The summed E-state index contributed by atoms with van der Waals surface area (Å²) in [6.45, 7) is 1.36. The molecule has 0 aliphatic heterocycles. The molecule has 0 radical (unpaired) electrons. The Kier molecular flexibility index (Phi) is 3.58. The molecule has 0 bridgehead atoms. The molecule has 0 spiro atoms. The summed E-state index contributed by atoms with van der Waals surface area (Å²) in [5.41, 5.74) is 3.02. The minimum absolute atomic E-state index is 0.0304. The quantitative estimate of drug-likeness (QED) is 0.614. The van der Waals surface area contributed by atoms with E-state index in [1.807, 2.05) is 54.2 Å². The van der Waals surface area contributed by atoms with Crippen LogP contribution < -0.4 is 5.32 Å². The predicted molar refractivity (Wildman–Crippen MR) is 97.2 cm³/mol. The van der Waals surface area contributed by atoms with E-state index in [0.717, 1.165) is 17.4 Å². The van der Waals surface area contributed by atoms with E-state index >= 15 is 0 Å². The number of hydrogen-bond acceptors (Lipinski definition) is 1. The number of aromatic nitrogens is 2. The first-order valence-corrected chi connectivity index (χ1v) is 8.09. The first kappa shape index (κ1) is 14.6. The van der Waals surface area contributed by atoms with Crippen molar-refractivity contribution in [3.05, 3.63) is 72.6 Å². The van der Waals surface area contributed by atoms with Crippen LogP contribution in [0.4, 0.5) is 0 Å². The number of para-hydroxylation sites is 1. The third-order valence-electron chi connectivity index (χ3n) is 4.47. The Hall–Kier alpha value is -3.01. The average molecular weight is 317 g/mol. The van der Waals surface area contributed by atoms with Crippen molar-refractivity contribution < 1.29 is 4.79 Å². The second-order valence-electron chi connectivity index (χ2n) is 6.02. The van der Waals surface area contributed by atoms with Crippen molar-refractivity contribution in [2.45, 2.75) is 6.54 Å². The van der Waals surface area contributed by atoms with Crippen LogP contribution in [-0.4, -0.2) is 21.6 Å². The summed E-state index contributed by atoms with van der Waals surface area (Å²) in [6, 6.07) is 18.2. The molecule has 120 valence electrons. The Labute approximate surface area is 140 Å². The molecule has 0 unspecified atom stereocenters. The summed E-state index contributed by atoms with van der Waals surface area (Å²) in [5, 5.41) is 5.31. The maximum Gasteiger partial charge on any atom is 0.251 e. The highest BCUT2D eigenvalue weighted by Gasteiger charge is 2.07. The molecule has 0 aliphatic carbocycles. The van der Waals surface area contributed by atoms with Crippen molar-refractivity contribution >= 4 is 27.7 Å². The number of carbonyl (C=O) groups excluding carboxylic acids is 1. The molecule has 1 amide bonds. The fraction of sp³-hybridized carbons (Fsp3) is 0.150. The van der Waals surface area contributed by atoms with E-state index < -0.39 is 0 Å². The van der Waals surface area contributed by atoms with Gasteiger partial charge in [0.15, 0.2) is 0 Å². The van der Waals surface area contributed by atoms with E-state index in [9.17, 15) is 4.79 Å². The second-order valence-corrected chi connectivity index (χ2v) is 6.02. The van der Waals surface area contributed by atoms with Crippen LogP contribution in [0.1, 0.15) is 10.4 Å². The molecule has 4 aromatic rings. The SMILES string of the molecule is Cn1ccc2cc(C(=O)NCCn3ccc4ccccc43)ccc21. The van der Waals surface area contributed by atoms with Crippen molar-refractivity contribution in [1.29, 1.82) is 0 Å². The zero-order valence-corrected chi connectivity index (χ0v) is 13.6. The highest BCUT2D eigenvalue weighted by atomic mass is 16.1. The summed E-state index contributed by atoms with van der Waals surface area (Å²) in [4.78, 5) is 12.4. The van der Waals surface area contributed by atoms with Crippen molar-refractivity contribution in [1.82, 2.24) is 14.5 Å². The summed E-state index contributed by atoms with van der Waals surface area (Å²) < 4.78 is 4.21. The van der Waals surface area contributed by atoms with Crippen molar-refractivity contribution in [3.63, 3.8) is 0 Å². The molecule has 2 aromatic heterocycles. The van der Waals surface area contributed by atoms with Crippen LogP contribution in [-0.2, 0) is 13.6 Å². The van der Waals surface area contributed by atoms with Gasteiger partial charge in [0, 0.05) is 54.5 Å². The maximum absolute atomic E-state index is 12.4. The van der Waals surface area contributed by atoms with E-state index in [4.69, 9.17) is 0 Å². The molecule has 0 fully saturated rings. The number of nitrogens with zero attached hydrogens (tertiary/aromatic N) is 2. The molecular formula is C20H19N3O. The maximum atomic E-state index is 12.4. The minimum Gasteiger partial charge on any atom is -0.351 e. The van der Waals surface area contributed by atoms with Crippen molar-refractivity contribution in [2.24, 2.45) is 7.05 Å². The largest absolute Gasteiger partial charge is 0.351 e. The lowest BCUT2D eigenvalue weighted by molar-refractivity contribution is 0.0952. The lowest BCUT2D eigenvalue weighted by Crippen LogP contribution is -2.27. The topological polar surface area (TPSA) is 39.0 Å². The Morgan fingerprint density at radius 2 is 1.79 bits per heavy atom. The zero-order valence-electron chi connectivity index (χ0n) is 13.6. The smallest absolute Gasteiger partial charge is 0.251 e. The first-order valence-electron chi connectivity index (χ1n) is 8.09. The Morgan fingerprint density at radius 3 is 2.71 bits per heavy atom. The van der Waals surface area contributed by atoms with Gasteiger partial charge in [-0.2, -0.15) is 0 Å². The predicted octanol–water partition coefficient (Wildman–Crippen LogP) is 3.56. The van der Waals surface area contributed by atoms with E-state index in [2.05, 4.69) is 34.3 Å². The van der Waals surface area contributed by atoms with Gasteiger partial charge in [-0.3, -0.25) is 4.79 Å². The van der Waals surface area contributed by atoms with Gasteiger partial charge in [-0.25, -0.2) is 0 Å². The zero-order chi connectivity index (χ0) is 16.5. The molecule has 0 saturated heterocycles. The number of hydrogen-bond donors (Lipinski definition) is 1. The molecule has 0 atom stereocenters. The molecule has 0 aliphatic rings. The lowest BCUT2D eigenvalue weighted by Gasteiger charge is -2.08. The van der Waals surface area contributed by atoms with Crippen LogP contribution in [0.25, 0.3) is 21.8 Å². The Bertz CT molecular complexity index is 1030. The third-order valence-corrected chi connectivity index (χ3v) is 4.47. The number of aryl methyl sites for hydroxylation is 1. The van der Waals surface area contributed by atoms with Crippen LogP contribution >= 0.6 is 0 Å². The second kappa shape index (κ2) is 5.89. The van der Waals surface area contributed by atoms with Crippen LogP contribution in [0, 0.1) is 0 Å². The lowest BCUT2D eigenvalue weighted by atomic mass is 10.1. The van der Waals surface area contributed by atoms with Crippen LogP contribution in [0.2, 0.25) is 0 Å². The number of benzene rings is 2. The monoisotopic (exact) mass is 317 g/mol. The highest BCUT2D eigenvalue weighted by Crippen LogP contribution is 2.17. The fourth-order valence-electron chi connectivity index (χ4n) is 3.15.